The summed E-state index contributed by atoms with van der Waals surface area (Å²) in [5.74, 6) is 1.47. The molecule has 0 aliphatic heterocycles. The zero-order chi connectivity index (χ0) is 37.0. The Morgan fingerprint density at radius 3 is 1.21 bits per heavy atom. The van der Waals surface area contributed by atoms with E-state index in [0.717, 1.165) is 98.7 Å². The number of rotatable bonds is 6. The van der Waals surface area contributed by atoms with E-state index >= 15 is 0 Å². The van der Waals surface area contributed by atoms with Crippen LogP contribution in [0.2, 0.25) is 0 Å². The summed E-state index contributed by atoms with van der Waals surface area (Å²) in [6, 6.07) is 63.8. The third-order valence-electron chi connectivity index (χ3n) is 10.3. The van der Waals surface area contributed by atoms with E-state index in [4.69, 9.17) is 19.9 Å². The normalized spacial score (nSPS) is 11.6. The van der Waals surface area contributed by atoms with Crippen molar-refractivity contribution in [2.75, 3.05) is 0 Å². The third-order valence-corrected chi connectivity index (χ3v) is 12.7. The second-order valence-corrected chi connectivity index (χ2v) is 15.9. The Hall–Kier alpha value is -6.86. The number of benzene rings is 7. The minimum absolute atomic E-state index is 0.735. The molecule has 0 aliphatic rings. The summed E-state index contributed by atoms with van der Waals surface area (Å²) in [5.41, 5.74) is 12.6. The summed E-state index contributed by atoms with van der Waals surface area (Å²) in [6.07, 6.45) is 0. The molecule has 0 atom stereocenters. The van der Waals surface area contributed by atoms with Crippen LogP contribution in [0.25, 0.3) is 108 Å². The van der Waals surface area contributed by atoms with E-state index in [2.05, 4.69) is 146 Å². The average molecular weight is 751 g/mol. The minimum atomic E-state index is 0.735. The van der Waals surface area contributed by atoms with Crippen molar-refractivity contribution in [1.29, 1.82) is 0 Å². The Kier molecular flexibility index (Phi) is 7.83. The second-order valence-electron chi connectivity index (χ2n) is 13.8. The van der Waals surface area contributed by atoms with Crippen molar-refractivity contribution < 1.29 is 0 Å². The zero-order valence-corrected chi connectivity index (χ0v) is 31.6. The molecule has 0 amide bonds. The fraction of sp³-hybridized carbons (Fsp3) is 0. The van der Waals surface area contributed by atoms with E-state index in [1.54, 1.807) is 22.7 Å². The molecular formula is C50H30N4S2. The highest BCUT2D eigenvalue weighted by Gasteiger charge is 2.19. The van der Waals surface area contributed by atoms with Crippen molar-refractivity contribution in [2.24, 2.45) is 0 Å². The lowest BCUT2D eigenvalue weighted by atomic mass is 9.96. The number of fused-ring (bicyclic) bond motifs is 6. The van der Waals surface area contributed by atoms with E-state index in [1.807, 2.05) is 36.4 Å². The first-order valence-corrected chi connectivity index (χ1v) is 20.2. The van der Waals surface area contributed by atoms with Gasteiger partial charge in [0.25, 0.3) is 0 Å². The lowest BCUT2D eigenvalue weighted by Crippen LogP contribution is -1.94. The van der Waals surface area contributed by atoms with Crippen LogP contribution in [-0.4, -0.2) is 19.9 Å². The van der Waals surface area contributed by atoms with Crippen molar-refractivity contribution in [3.8, 4) is 67.5 Å². The fourth-order valence-corrected chi connectivity index (χ4v) is 9.86. The van der Waals surface area contributed by atoms with E-state index in [0.29, 0.717) is 0 Å². The molecule has 11 rings (SSSR count). The van der Waals surface area contributed by atoms with Gasteiger partial charge in [-0.05, 0) is 46.5 Å². The van der Waals surface area contributed by atoms with E-state index in [-0.39, 0.29) is 0 Å². The average Bonchev–Trinajstić information content (AvgIpc) is 3.85. The van der Waals surface area contributed by atoms with Gasteiger partial charge in [0.15, 0.2) is 11.6 Å². The summed E-state index contributed by atoms with van der Waals surface area (Å²) >= 11 is 3.51. The summed E-state index contributed by atoms with van der Waals surface area (Å²) in [6.45, 7) is 0. The van der Waals surface area contributed by atoms with Gasteiger partial charge in [0.1, 0.15) is 0 Å². The van der Waals surface area contributed by atoms with Gasteiger partial charge in [-0.15, -0.1) is 22.7 Å². The largest absolute Gasteiger partial charge is 0.226 e. The topological polar surface area (TPSA) is 51.6 Å². The van der Waals surface area contributed by atoms with E-state index in [9.17, 15) is 0 Å². The molecule has 0 fully saturated rings. The highest BCUT2D eigenvalue weighted by molar-refractivity contribution is 7.26. The summed E-state index contributed by atoms with van der Waals surface area (Å²) in [4.78, 5) is 20.6. The molecule has 4 heterocycles. The molecule has 0 unspecified atom stereocenters. The van der Waals surface area contributed by atoms with Crippen molar-refractivity contribution in [1.82, 2.24) is 19.9 Å². The Morgan fingerprint density at radius 2 is 0.679 bits per heavy atom. The van der Waals surface area contributed by atoms with Crippen LogP contribution in [0.5, 0.6) is 0 Å². The lowest BCUT2D eigenvalue weighted by molar-refractivity contribution is 1.24. The van der Waals surface area contributed by atoms with Crippen LogP contribution < -0.4 is 0 Å². The van der Waals surface area contributed by atoms with Gasteiger partial charge in [-0.25, -0.2) is 19.9 Å². The molecule has 0 bridgehead atoms. The third kappa shape index (κ3) is 5.66. The number of hydrogen-bond acceptors (Lipinski definition) is 6. The monoisotopic (exact) mass is 750 g/mol. The maximum atomic E-state index is 5.21. The molecule has 11 aromatic rings. The SMILES string of the molecule is c1ccc(-c2nc(-c3ccc(-c4cccc(-c5cccc(-c6nc(-c7ccccc7)nc7c6sc6ccccc67)c5)c4)cc3)c3sc4ccccc4c3n2)cc1. The smallest absolute Gasteiger partial charge is 0.160 e. The van der Waals surface area contributed by atoms with Gasteiger partial charge < -0.3 is 0 Å². The quantitative estimate of drug-likeness (QED) is 0.170. The van der Waals surface area contributed by atoms with Crippen molar-refractivity contribution in [3.05, 3.63) is 182 Å². The molecule has 262 valence electrons. The first kappa shape index (κ1) is 32.6. The molecule has 6 heteroatoms. The van der Waals surface area contributed by atoms with E-state index < -0.39 is 0 Å². The maximum Gasteiger partial charge on any atom is 0.160 e. The molecule has 56 heavy (non-hydrogen) atoms. The Bertz CT molecular complexity index is 3240. The predicted molar refractivity (Wildman–Crippen MR) is 236 cm³/mol. The standard InChI is InChI=1S/C50H30N4S2/c1-3-13-33(14-4-1)49-51-43(47-45(53-49)39-21-7-9-23-41(39)55-47)32-27-25-31(26-28-32)35-17-11-18-36(29-35)37-19-12-20-38(30-37)44-48-46(40-22-8-10-24-42(40)56-48)54-50(52-44)34-15-5-2-6-16-34/h1-30H. The van der Waals surface area contributed by atoms with Crippen molar-refractivity contribution >= 4 is 63.3 Å². The molecule has 0 spiro atoms. The molecule has 0 saturated heterocycles. The lowest BCUT2D eigenvalue weighted by Gasteiger charge is -2.11. The van der Waals surface area contributed by atoms with Crippen LogP contribution in [0.4, 0.5) is 0 Å². The van der Waals surface area contributed by atoms with Crippen LogP contribution in [0.3, 0.4) is 0 Å². The number of aromatic nitrogens is 4. The van der Waals surface area contributed by atoms with Gasteiger partial charge in [0, 0.05) is 42.4 Å². The molecular weight excluding hydrogens is 721 g/mol. The zero-order valence-electron chi connectivity index (χ0n) is 29.9. The van der Waals surface area contributed by atoms with Gasteiger partial charge in [-0.2, -0.15) is 0 Å². The number of thiophene rings is 2. The van der Waals surface area contributed by atoms with Crippen LogP contribution in [-0.2, 0) is 0 Å². The molecule has 0 aliphatic carbocycles. The van der Waals surface area contributed by atoms with Crippen LogP contribution in [0.1, 0.15) is 0 Å². The molecule has 4 aromatic heterocycles. The highest BCUT2D eigenvalue weighted by Crippen LogP contribution is 2.42. The van der Waals surface area contributed by atoms with Gasteiger partial charge in [-0.3, -0.25) is 0 Å². The molecule has 4 nitrogen and oxygen atoms in total. The summed E-state index contributed by atoms with van der Waals surface area (Å²) in [7, 11) is 0. The fourth-order valence-electron chi connectivity index (χ4n) is 7.55. The van der Waals surface area contributed by atoms with Crippen LogP contribution in [0.15, 0.2) is 182 Å². The van der Waals surface area contributed by atoms with E-state index in [1.165, 1.54) is 9.40 Å². The Balaban J connectivity index is 0.974. The van der Waals surface area contributed by atoms with Gasteiger partial charge in [0.05, 0.1) is 31.8 Å². The van der Waals surface area contributed by atoms with Crippen LogP contribution >= 0.6 is 22.7 Å². The van der Waals surface area contributed by atoms with Crippen LogP contribution in [0, 0.1) is 0 Å². The maximum absolute atomic E-state index is 5.21. The van der Waals surface area contributed by atoms with Gasteiger partial charge in [0.2, 0.25) is 0 Å². The second kappa shape index (κ2) is 13.5. The Labute approximate surface area is 331 Å². The Morgan fingerprint density at radius 1 is 0.286 bits per heavy atom. The molecule has 0 saturated carbocycles. The van der Waals surface area contributed by atoms with Gasteiger partial charge >= 0.3 is 0 Å². The molecule has 0 radical (unpaired) electrons. The first-order valence-electron chi connectivity index (χ1n) is 18.5. The summed E-state index contributed by atoms with van der Waals surface area (Å²) < 4.78 is 4.63. The molecule has 0 N–H and O–H groups in total. The minimum Gasteiger partial charge on any atom is -0.226 e. The number of hydrogen-bond donors (Lipinski definition) is 0. The van der Waals surface area contributed by atoms with Crippen molar-refractivity contribution in [2.45, 2.75) is 0 Å². The molecule has 7 aromatic carbocycles. The highest BCUT2D eigenvalue weighted by atomic mass is 32.1. The predicted octanol–water partition coefficient (Wildman–Crippen LogP) is 14.0. The number of nitrogens with zero attached hydrogens (tertiary/aromatic N) is 4. The first-order chi connectivity index (χ1) is 27.7. The van der Waals surface area contributed by atoms with Crippen molar-refractivity contribution in [3.63, 3.8) is 0 Å². The van der Waals surface area contributed by atoms with Gasteiger partial charge in [-0.1, -0.05) is 158 Å². The summed E-state index contributed by atoms with van der Waals surface area (Å²) in [5, 5.41) is 2.32.